The smallest absolute Gasteiger partial charge is 0.339 e. The second kappa shape index (κ2) is 6.79. The maximum Gasteiger partial charge on any atom is 0.339 e. The van der Waals surface area contributed by atoms with Crippen LogP contribution in [0.5, 0.6) is 5.75 Å². The summed E-state index contributed by atoms with van der Waals surface area (Å²) in [7, 11) is 0. The summed E-state index contributed by atoms with van der Waals surface area (Å²) >= 11 is 0. The molecule has 0 radical (unpaired) electrons. The van der Waals surface area contributed by atoms with Gasteiger partial charge in [-0.15, -0.1) is 0 Å². The minimum Gasteiger partial charge on any atom is -0.507 e. The molecule has 0 atom stereocenters. The molecular formula is C17H19NO3. The SMILES string of the molecule is Cc1ccc(CCCNc2ccc(O)c(C(=O)O)c2)cc1. The molecule has 0 aliphatic carbocycles. The number of nitrogens with one attached hydrogen (secondary N) is 1. The molecule has 4 nitrogen and oxygen atoms in total. The van der Waals surface area contributed by atoms with E-state index in [1.807, 2.05) is 0 Å². The number of carboxylic acid groups (broad SMARTS) is 1. The molecule has 0 unspecified atom stereocenters. The summed E-state index contributed by atoms with van der Waals surface area (Å²) in [4.78, 5) is 10.9. The van der Waals surface area contributed by atoms with Crippen molar-refractivity contribution in [3.05, 3.63) is 59.2 Å². The Bertz CT molecular complexity index is 620. The van der Waals surface area contributed by atoms with Crippen LogP contribution < -0.4 is 5.32 Å². The van der Waals surface area contributed by atoms with Crippen LogP contribution in [-0.4, -0.2) is 22.7 Å². The first-order chi connectivity index (χ1) is 10.1. The first-order valence-corrected chi connectivity index (χ1v) is 6.92. The fourth-order valence-corrected chi connectivity index (χ4v) is 2.10. The molecule has 0 saturated heterocycles. The van der Waals surface area contributed by atoms with Gasteiger partial charge in [-0.05, 0) is 43.5 Å². The third-order valence-electron chi connectivity index (χ3n) is 3.32. The Labute approximate surface area is 124 Å². The Morgan fingerprint density at radius 1 is 1.14 bits per heavy atom. The molecule has 21 heavy (non-hydrogen) atoms. The minimum atomic E-state index is -1.13. The average Bonchev–Trinajstić information content (AvgIpc) is 2.46. The highest BCUT2D eigenvalue weighted by Crippen LogP contribution is 2.21. The molecule has 2 aromatic carbocycles. The van der Waals surface area contributed by atoms with Gasteiger partial charge in [0.2, 0.25) is 0 Å². The highest BCUT2D eigenvalue weighted by molar-refractivity contribution is 5.91. The molecule has 2 aromatic rings. The number of carboxylic acids is 1. The van der Waals surface area contributed by atoms with Gasteiger partial charge in [-0.3, -0.25) is 0 Å². The first kappa shape index (κ1) is 14.9. The Hall–Kier alpha value is -2.49. The standard InChI is InChI=1S/C17H19NO3/c1-12-4-6-13(7-5-12)3-2-10-18-14-8-9-16(19)15(11-14)17(20)21/h4-9,11,18-19H,2-3,10H2,1H3,(H,20,21). The highest BCUT2D eigenvalue weighted by Gasteiger charge is 2.09. The monoisotopic (exact) mass is 285 g/mol. The fourth-order valence-electron chi connectivity index (χ4n) is 2.10. The number of rotatable bonds is 6. The van der Waals surface area contributed by atoms with E-state index in [9.17, 15) is 9.90 Å². The van der Waals surface area contributed by atoms with E-state index in [0.717, 1.165) is 19.4 Å². The van der Waals surface area contributed by atoms with E-state index in [1.54, 1.807) is 6.07 Å². The lowest BCUT2D eigenvalue weighted by Gasteiger charge is -2.08. The summed E-state index contributed by atoms with van der Waals surface area (Å²) in [6, 6.07) is 13.0. The van der Waals surface area contributed by atoms with Crippen LogP contribution >= 0.6 is 0 Å². The van der Waals surface area contributed by atoms with E-state index in [2.05, 4.69) is 36.5 Å². The van der Waals surface area contributed by atoms with Crippen molar-refractivity contribution in [2.24, 2.45) is 0 Å². The normalized spacial score (nSPS) is 10.3. The van der Waals surface area contributed by atoms with Gasteiger partial charge in [0, 0.05) is 12.2 Å². The van der Waals surface area contributed by atoms with Gasteiger partial charge in [0.25, 0.3) is 0 Å². The molecule has 0 aliphatic heterocycles. The maximum absolute atomic E-state index is 10.9. The molecule has 0 fully saturated rings. The van der Waals surface area contributed by atoms with Gasteiger partial charge in [0.05, 0.1) is 0 Å². The van der Waals surface area contributed by atoms with E-state index in [0.29, 0.717) is 5.69 Å². The lowest BCUT2D eigenvalue weighted by molar-refractivity contribution is 0.0694. The fraction of sp³-hybridized carbons (Fsp3) is 0.235. The van der Waals surface area contributed by atoms with E-state index in [-0.39, 0.29) is 11.3 Å². The van der Waals surface area contributed by atoms with Crippen molar-refractivity contribution in [2.45, 2.75) is 19.8 Å². The summed E-state index contributed by atoms with van der Waals surface area (Å²) in [6.07, 6.45) is 1.92. The van der Waals surface area contributed by atoms with Gasteiger partial charge in [0.15, 0.2) is 0 Å². The molecule has 2 rings (SSSR count). The topological polar surface area (TPSA) is 69.6 Å². The number of aromatic hydroxyl groups is 1. The van der Waals surface area contributed by atoms with Crippen LogP contribution in [0.15, 0.2) is 42.5 Å². The predicted octanol–water partition coefficient (Wildman–Crippen LogP) is 3.44. The first-order valence-electron chi connectivity index (χ1n) is 6.92. The Balaban J connectivity index is 1.85. The van der Waals surface area contributed by atoms with Crippen LogP contribution in [0.3, 0.4) is 0 Å². The molecule has 0 saturated carbocycles. The third-order valence-corrected chi connectivity index (χ3v) is 3.32. The van der Waals surface area contributed by atoms with E-state index in [1.165, 1.54) is 23.3 Å². The average molecular weight is 285 g/mol. The van der Waals surface area contributed by atoms with E-state index in [4.69, 9.17) is 5.11 Å². The van der Waals surface area contributed by atoms with Crippen molar-refractivity contribution in [3.63, 3.8) is 0 Å². The van der Waals surface area contributed by atoms with E-state index >= 15 is 0 Å². The largest absolute Gasteiger partial charge is 0.507 e. The predicted molar refractivity (Wildman–Crippen MR) is 83.1 cm³/mol. The number of hydrogen-bond donors (Lipinski definition) is 3. The third kappa shape index (κ3) is 4.24. The molecule has 0 heterocycles. The zero-order valence-corrected chi connectivity index (χ0v) is 12.0. The molecule has 110 valence electrons. The van der Waals surface area contributed by atoms with Gasteiger partial charge in [-0.2, -0.15) is 0 Å². The number of benzene rings is 2. The highest BCUT2D eigenvalue weighted by atomic mass is 16.4. The Morgan fingerprint density at radius 2 is 1.86 bits per heavy atom. The van der Waals surface area contributed by atoms with Crippen molar-refractivity contribution in [2.75, 3.05) is 11.9 Å². The van der Waals surface area contributed by atoms with Crippen LogP contribution in [0.4, 0.5) is 5.69 Å². The van der Waals surface area contributed by atoms with Crippen molar-refractivity contribution < 1.29 is 15.0 Å². The second-order valence-corrected chi connectivity index (χ2v) is 5.05. The molecule has 3 N–H and O–H groups in total. The van der Waals surface area contributed by atoms with Crippen LogP contribution in [0.1, 0.15) is 27.9 Å². The molecule has 0 spiro atoms. The van der Waals surface area contributed by atoms with Gasteiger partial charge >= 0.3 is 5.97 Å². The second-order valence-electron chi connectivity index (χ2n) is 5.05. The lowest BCUT2D eigenvalue weighted by atomic mass is 10.1. The van der Waals surface area contributed by atoms with Crippen molar-refractivity contribution in [1.82, 2.24) is 0 Å². The molecule has 0 bridgehead atoms. The van der Waals surface area contributed by atoms with Crippen LogP contribution in [0.25, 0.3) is 0 Å². The lowest BCUT2D eigenvalue weighted by Crippen LogP contribution is -2.05. The van der Waals surface area contributed by atoms with Crippen LogP contribution in [-0.2, 0) is 6.42 Å². The van der Waals surface area contributed by atoms with Crippen molar-refractivity contribution in [1.29, 1.82) is 0 Å². The zero-order chi connectivity index (χ0) is 15.2. The molecule has 0 aromatic heterocycles. The molecular weight excluding hydrogens is 266 g/mol. The summed E-state index contributed by atoms with van der Waals surface area (Å²) in [5, 5.41) is 21.6. The summed E-state index contributed by atoms with van der Waals surface area (Å²) in [5.74, 6) is -1.34. The van der Waals surface area contributed by atoms with Gasteiger partial charge in [-0.1, -0.05) is 29.8 Å². The zero-order valence-electron chi connectivity index (χ0n) is 12.0. The summed E-state index contributed by atoms with van der Waals surface area (Å²) < 4.78 is 0. The number of hydrogen-bond acceptors (Lipinski definition) is 3. The molecule has 4 heteroatoms. The summed E-state index contributed by atoms with van der Waals surface area (Å²) in [6.45, 7) is 2.81. The Kier molecular flexibility index (Phi) is 4.82. The molecule has 0 amide bonds. The van der Waals surface area contributed by atoms with Gasteiger partial charge < -0.3 is 15.5 Å². The number of anilines is 1. The number of aromatic carboxylic acids is 1. The van der Waals surface area contributed by atoms with Gasteiger partial charge in [0.1, 0.15) is 11.3 Å². The molecule has 0 aliphatic rings. The quantitative estimate of drug-likeness (QED) is 0.561. The number of phenols is 1. The number of aryl methyl sites for hydroxylation is 2. The van der Waals surface area contributed by atoms with E-state index < -0.39 is 5.97 Å². The van der Waals surface area contributed by atoms with Crippen LogP contribution in [0.2, 0.25) is 0 Å². The van der Waals surface area contributed by atoms with Crippen molar-refractivity contribution in [3.8, 4) is 5.75 Å². The Morgan fingerprint density at radius 3 is 2.52 bits per heavy atom. The number of carbonyl (C=O) groups is 1. The van der Waals surface area contributed by atoms with Crippen LogP contribution in [0, 0.1) is 6.92 Å². The summed E-state index contributed by atoms with van der Waals surface area (Å²) in [5.41, 5.74) is 3.16. The minimum absolute atomic E-state index is 0.0847. The van der Waals surface area contributed by atoms with Gasteiger partial charge in [-0.25, -0.2) is 4.79 Å². The van der Waals surface area contributed by atoms with Crippen molar-refractivity contribution >= 4 is 11.7 Å². The maximum atomic E-state index is 10.9.